The Morgan fingerprint density at radius 1 is 1.14 bits per heavy atom. The van der Waals surface area contributed by atoms with Crippen molar-refractivity contribution in [2.75, 3.05) is 20.2 Å². The first-order valence-electron chi connectivity index (χ1n) is 9.97. The smallest absolute Gasteiger partial charge is 0.278 e. The van der Waals surface area contributed by atoms with E-state index in [4.69, 9.17) is 4.74 Å². The Hall–Kier alpha value is -3.15. The first kappa shape index (κ1) is 19.2. The lowest BCUT2D eigenvalue weighted by Crippen LogP contribution is -2.39. The zero-order valence-electron chi connectivity index (χ0n) is 16.8. The Balaban J connectivity index is 1.73. The number of likely N-dealkylation sites (tertiary alicyclic amines) is 1. The fourth-order valence-electron chi connectivity index (χ4n) is 4.08. The molecule has 2 amide bonds. The van der Waals surface area contributed by atoms with Crippen LogP contribution < -0.4 is 4.74 Å². The van der Waals surface area contributed by atoms with Crippen LogP contribution in [-0.2, 0) is 16.1 Å². The average Bonchev–Trinajstić information content (AvgIpc) is 2.99. The molecule has 0 bridgehead atoms. The van der Waals surface area contributed by atoms with Crippen LogP contribution >= 0.6 is 0 Å². The Kier molecular flexibility index (Phi) is 5.34. The molecule has 0 aliphatic carbocycles. The van der Waals surface area contributed by atoms with Crippen molar-refractivity contribution >= 4 is 17.4 Å². The SMILES string of the molecule is COc1ccc(C2=C(N3CCCC(C)C3)C(=O)N(Cc3cccnc3)C2=O)cc1. The minimum absolute atomic E-state index is 0.220. The molecule has 0 radical (unpaired) electrons. The van der Waals surface area contributed by atoms with Gasteiger partial charge in [0.25, 0.3) is 11.8 Å². The van der Waals surface area contributed by atoms with Gasteiger partial charge in [-0.2, -0.15) is 0 Å². The van der Waals surface area contributed by atoms with Crippen molar-refractivity contribution in [3.63, 3.8) is 0 Å². The highest BCUT2D eigenvalue weighted by Crippen LogP contribution is 2.35. The highest BCUT2D eigenvalue weighted by atomic mass is 16.5. The lowest BCUT2D eigenvalue weighted by molar-refractivity contribution is -0.138. The Morgan fingerprint density at radius 3 is 2.59 bits per heavy atom. The predicted octanol–water partition coefficient (Wildman–Crippen LogP) is 3.10. The van der Waals surface area contributed by atoms with Crippen LogP contribution in [-0.4, -0.2) is 46.8 Å². The summed E-state index contributed by atoms with van der Waals surface area (Å²) in [6.07, 6.45) is 5.53. The zero-order valence-corrected chi connectivity index (χ0v) is 16.8. The summed E-state index contributed by atoms with van der Waals surface area (Å²) in [5.74, 6) is 0.728. The van der Waals surface area contributed by atoms with Gasteiger partial charge in [0, 0.05) is 25.5 Å². The van der Waals surface area contributed by atoms with Gasteiger partial charge in [0.15, 0.2) is 0 Å². The number of hydrogen-bond acceptors (Lipinski definition) is 5. The van der Waals surface area contributed by atoms with Crippen molar-refractivity contribution < 1.29 is 14.3 Å². The summed E-state index contributed by atoms with van der Waals surface area (Å²) in [5, 5.41) is 0. The Bertz CT molecular complexity index is 938. The molecule has 29 heavy (non-hydrogen) atoms. The van der Waals surface area contributed by atoms with Gasteiger partial charge < -0.3 is 9.64 Å². The van der Waals surface area contributed by atoms with Crippen molar-refractivity contribution in [3.8, 4) is 5.75 Å². The van der Waals surface area contributed by atoms with Crippen LogP contribution in [0.3, 0.4) is 0 Å². The molecule has 4 rings (SSSR count). The Labute approximate surface area is 170 Å². The molecule has 2 aliphatic rings. The van der Waals surface area contributed by atoms with Gasteiger partial charge >= 0.3 is 0 Å². The fraction of sp³-hybridized carbons (Fsp3) is 0.348. The molecule has 150 valence electrons. The van der Waals surface area contributed by atoms with Crippen LogP contribution in [0.1, 0.15) is 30.9 Å². The van der Waals surface area contributed by atoms with E-state index in [1.54, 1.807) is 19.5 Å². The van der Waals surface area contributed by atoms with E-state index in [-0.39, 0.29) is 18.4 Å². The topological polar surface area (TPSA) is 62.7 Å². The molecule has 1 fully saturated rings. The van der Waals surface area contributed by atoms with E-state index < -0.39 is 0 Å². The number of carbonyl (C=O) groups excluding carboxylic acids is 2. The van der Waals surface area contributed by atoms with E-state index in [9.17, 15) is 9.59 Å². The predicted molar refractivity (Wildman–Crippen MR) is 110 cm³/mol. The van der Waals surface area contributed by atoms with Gasteiger partial charge in [0.1, 0.15) is 11.4 Å². The number of nitrogens with zero attached hydrogens (tertiary/aromatic N) is 3. The maximum atomic E-state index is 13.4. The molecule has 0 N–H and O–H groups in total. The summed E-state index contributed by atoms with van der Waals surface area (Å²) in [6, 6.07) is 11.0. The van der Waals surface area contributed by atoms with Crippen molar-refractivity contribution in [2.45, 2.75) is 26.3 Å². The molecule has 2 aromatic rings. The molecule has 1 saturated heterocycles. The van der Waals surface area contributed by atoms with Crippen LogP contribution in [0.4, 0.5) is 0 Å². The van der Waals surface area contributed by atoms with Crippen molar-refractivity contribution in [3.05, 3.63) is 65.6 Å². The number of aromatic nitrogens is 1. The zero-order chi connectivity index (χ0) is 20.4. The van der Waals surface area contributed by atoms with E-state index in [1.165, 1.54) is 4.90 Å². The first-order valence-corrected chi connectivity index (χ1v) is 9.97. The maximum Gasteiger partial charge on any atom is 0.278 e. The Morgan fingerprint density at radius 2 is 1.93 bits per heavy atom. The van der Waals surface area contributed by atoms with Crippen LogP contribution in [0.2, 0.25) is 0 Å². The largest absolute Gasteiger partial charge is 0.497 e. The number of imide groups is 1. The quantitative estimate of drug-likeness (QED) is 0.733. The van der Waals surface area contributed by atoms with Crippen molar-refractivity contribution in [1.29, 1.82) is 0 Å². The molecule has 0 saturated carbocycles. The average molecular weight is 391 g/mol. The van der Waals surface area contributed by atoms with Crippen LogP contribution in [0.25, 0.3) is 5.57 Å². The summed E-state index contributed by atoms with van der Waals surface area (Å²) in [4.78, 5) is 34.3. The molecule has 3 heterocycles. The van der Waals surface area contributed by atoms with Gasteiger partial charge in [-0.05, 0) is 48.1 Å². The second kappa shape index (κ2) is 8.07. The lowest BCUT2D eigenvalue weighted by Gasteiger charge is -2.33. The van der Waals surface area contributed by atoms with E-state index in [1.807, 2.05) is 36.4 Å². The molecule has 1 aromatic heterocycles. The third-order valence-electron chi connectivity index (χ3n) is 5.56. The second-order valence-corrected chi connectivity index (χ2v) is 7.70. The third-order valence-corrected chi connectivity index (χ3v) is 5.56. The van der Waals surface area contributed by atoms with Gasteiger partial charge in [-0.1, -0.05) is 25.1 Å². The summed E-state index contributed by atoms with van der Waals surface area (Å²) >= 11 is 0. The number of benzene rings is 1. The number of carbonyl (C=O) groups is 2. The monoisotopic (exact) mass is 391 g/mol. The standard InChI is InChI=1S/C23H25N3O3/c1-16-5-4-12-25(14-16)21-20(18-7-9-19(29-2)10-8-18)22(27)26(23(21)28)15-17-6-3-11-24-13-17/h3,6-11,13,16H,4-5,12,14-15H2,1-2H3. The highest BCUT2D eigenvalue weighted by Gasteiger charge is 2.42. The van der Waals surface area contributed by atoms with E-state index >= 15 is 0 Å². The number of methoxy groups -OCH3 is 1. The van der Waals surface area contributed by atoms with Gasteiger partial charge in [0.05, 0.1) is 19.2 Å². The van der Waals surface area contributed by atoms with Crippen molar-refractivity contribution in [2.24, 2.45) is 5.92 Å². The maximum absolute atomic E-state index is 13.4. The molecular formula is C23H25N3O3. The molecule has 1 aromatic carbocycles. The van der Waals surface area contributed by atoms with Crippen LogP contribution in [0.15, 0.2) is 54.5 Å². The number of hydrogen-bond donors (Lipinski definition) is 0. The van der Waals surface area contributed by atoms with Gasteiger partial charge in [-0.15, -0.1) is 0 Å². The first-order chi connectivity index (χ1) is 14.1. The highest BCUT2D eigenvalue weighted by molar-refractivity contribution is 6.35. The second-order valence-electron chi connectivity index (χ2n) is 7.70. The number of piperidine rings is 1. The number of pyridine rings is 1. The van der Waals surface area contributed by atoms with Gasteiger partial charge in [0.2, 0.25) is 0 Å². The number of amides is 2. The van der Waals surface area contributed by atoms with E-state index in [0.29, 0.717) is 22.9 Å². The van der Waals surface area contributed by atoms with Crippen LogP contribution in [0.5, 0.6) is 5.75 Å². The summed E-state index contributed by atoms with van der Waals surface area (Å²) < 4.78 is 5.24. The summed E-state index contributed by atoms with van der Waals surface area (Å²) in [7, 11) is 1.61. The van der Waals surface area contributed by atoms with Crippen molar-refractivity contribution in [1.82, 2.24) is 14.8 Å². The van der Waals surface area contributed by atoms with E-state index in [0.717, 1.165) is 37.1 Å². The summed E-state index contributed by atoms with van der Waals surface area (Å²) in [6.45, 7) is 3.99. The minimum atomic E-state index is -0.253. The van der Waals surface area contributed by atoms with Gasteiger partial charge in [-0.25, -0.2) is 0 Å². The normalized spacial score (nSPS) is 19.9. The molecular weight excluding hydrogens is 366 g/mol. The van der Waals surface area contributed by atoms with E-state index in [2.05, 4.69) is 16.8 Å². The molecule has 6 heteroatoms. The summed E-state index contributed by atoms with van der Waals surface area (Å²) in [5.41, 5.74) is 2.58. The molecule has 2 aliphatic heterocycles. The lowest BCUT2D eigenvalue weighted by atomic mass is 9.98. The molecule has 6 nitrogen and oxygen atoms in total. The third kappa shape index (κ3) is 3.75. The minimum Gasteiger partial charge on any atom is -0.497 e. The molecule has 1 unspecified atom stereocenters. The van der Waals surface area contributed by atoms with Gasteiger partial charge in [-0.3, -0.25) is 19.5 Å². The fourth-order valence-corrected chi connectivity index (χ4v) is 4.08. The molecule has 1 atom stereocenters. The molecule has 0 spiro atoms. The number of rotatable bonds is 5. The number of ether oxygens (including phenoxy) is 1. The van der Waals surface area contributed by atoms with Crippen LogP contribution in [0, 0.1) is 5.92 Å².